The van der Waals surface area contributed by atoms with Gasteiger partial charge in [-0.3, -0.25) is 5.43 Å². The van der Waals surface area contributed by atoms with Gasteiger partial charge in [-0.1, -0.05) is 25.6 Å². The third-order valence-electron chi connectivity index (χ3n) is 0.698. The zero-order valence-electron chi connectivity index (χ0n) is 7.81. The van der Waals surface area contributed by atoms with Crippen LogP contribution in [0, 0.1) is 0 Å². The molecule has 2 N–H and O–H groups in total. The van der Waals surface area contributed by atoms with E-state index in [2.05, 4.69) is 27.7 Å². The number of nitrogens with zero attached hydrogens (tertiary/aromatic N) is 2. The Hall–Kier alpha value is -0.900. The van der Waals surface area contributed by atoms with E-state index in [0.29, 0.717) is 6.54 Å². The Kier molecular flexibility index (Phi) is 13.7. The van der Waals surface area contributed by atoms with Crippen LogP contribution in [0.1, 0.15) is 13.8 Å². The van der Waals surface area contributed by atoms with E-state index in [4.69, 9.17) is 0 Å². The third-order valence-corrected chi connectivity index (χ3v) is 0.698. The molecule has 0 saturated carbocycles. The Labute approximate surface area is 68.8 Å². The van der Waals surface area contributed by atoms with Gasteiger partial charge in [-0.15, -0.1) is 0 Å². The smallest absolute Gasteiger partial charge is 0.0509 e. The van der Waals surface area contributed by atoms with Crippen molar-refractivity contribution in [2.75, 3.05) is 20.6 Å². The van der Waals surface area contributed by atoms with Crippen LogP contribution in [0.5, 0.6) is 0 Å². The molecular weight excluding hydrogens is 140 g/mol. The predicted molar refractivity (Wildman–Crippen MR) is 48.3 cm³/mol. The Morgan fingerprint density at radius 1 is 1.45 bits per heavy atom. The third kappa shape index (κ3) is 12.3. The normalized spacial score (nSPS) is 8.73. The molecule has 4 nitrogen and oxygen atoms in total. The molecule has 0 rings (SSSR count). The summed E-state index contributed by atoms with van der Waals surface area (Å²) in [6.07, 6.45) is 0. The lowest BCUT2D eigenvalue weighted by molar-refractivity contribution is 0.739. The van der Waals surface area contributed by atoms with Gasteiger partial charge in [-0.05, 0) is 7.05 Å². The molecule has 0 saturated heterocycles. The van der Waals surface area contributed by atoms with Crippen LogP contribution in [0.3, 0.4) is 0 Å². The molecule has 0 atom stereocenters. The molecule has 0 aliphatic carbocycles. The second kappa shape index (κ2) is 11.8. The zero-order chi connectivity index (χ0) is 9.11. The van der Waals surface area contributed by atoms with Gasteiger partial charge in [0.05, 0.1) is 7.05 Å². The molecule has 0 aromatic heterocycles. The molecule has 4 heteroatoms. The van der Waals surface area contributed by atoms with Crippen LogP contribution in [0.25, 0.3) is 0 Å². The second-order valence-corrected chi connectivity index (χ2v) is 1.55. The molecule has 0 heterocycles. The van der Waals surface area contributed by atoms with Crippen LogP contribution >= 0.6 is 0 Å². The molecule has 0 radical (unpaired) electrons. The molecule has 0 spiro atoms. The van der Waals surface area contributed by atoms with Gasteiger partial charge < -0.3 is 5.32 Å². The molecular formula is C7H18N4. The van der Waals surface area contributed by atoms with Crippen LogP contribution in [-0.4, -0.2) is 20.6 Å². The first kappa shape index (κ1) is 12.7. The molecule has 0 aliphatic heterocycles. The van der Waals surface area contributed by atoms with Crippen molar-refractivity contribution < 1.29 is 0 Å². The van der Waals surface area contributed by atoms with Crippen molar-refractivity contribution in [3.05, 3.63) is 12.3 Å². The van der Waals surface area contributed by atoms with Crippen LogP contribution in [0.4, 0.5) is 0 Å². The second-order valence-electron chi connectivity index (χ2n) is 1.55. The lowest BCUT2D eigenvalue weighted by Crippen LogP contribution is -2.17. The van der Waals surface area contributed by atoms with Gasteiger partial charge in [0.15, 0.2) is 0 Å². The Bertz CT molecular complexity index is 109. The molecule has 0 fully saturated rings. The average molecular weight is 158 g/mol. The minimum Gasteiger partial charge on any atom is -0.314 e. The van der Waals surface area contributed by atoms with Crippen molar-refractivity contribution in [3.63, 3.8) is 0 Å². The zero-order valence-corrected chi connectivity index (χ0v) is 7.81. The Morgan fingerprint density at radius 3 is 2.36 bits per heavy atom. The Balaban J connectivity index is 0. The number of hydrogen-bond acceptors (Lipinski definition) is 3. The van der Waals surface area contributed by atoms with Crippen molar-refractivity contribution >= 4 is 0 Å². The van der Waals surface area contributed by atoms with Gasteiger partial charge in [0.1, 0.15) is 0 Å². The van der Waals surface area contributed by atoms with Gasteiger partial charge in [0, 0.05) is 12.2 Å². The molecule has 0 aromatic carbocycles. The van der Waals surface area contributed by atoms with E-state index < -0.39 is 0 Å². The molecule has 0 aliphatic rings. The first-order valence-corrected chi connectivity index (χ1v) is 3.68. The lowest BCUT2D eigenvalue weighted by atomic mass is 10.5. The van der Waals surface area contributed by atoms with E-state index in [9.17, 15) is 0 Å². The van der Waals surface area contributed by atoms with E-state index in [1.54, 1.807) is 7.05 Å². The average Bonchev–Trinajstić information content (AvgIpc) is 2.05. The fourth-order valence-corrected chi connectivity index (χ4v) is 0.374. The van der Waals surface area contributed by atoms with E-state index >= 15 is 0 Å². The van der Waals surface area contributed by atoms with Crippen molar-refractivity contribution in [3.8, 4) is 0 Å². The van der Waals surface area contributed by atoms with E-state index in [0.717, 1.165) is 5.70 Å². The Morgan fingerprint density at radius 2 is 2.00 bits per heavy atom. The minimum absolute atomic E-state index is 0.707. The largest absolute Gasteiger partial charge is 0.314 e. The summed E-state index contributed by atoms with van der Waals surface area (Å²) >= 11 is 0. The highest BCUT2D eigenvalue weighted by Gasteiger charge is 1.84. The molecule has 11 heavy (non-hydrogen) atoms. The molecule has 0 unspecified atom stereocenters. The highest BCUT2D eigenvalue weighted by molar-refractivity contribution is 4.90. The van der Waals surface area contributed by atoms with Crippen molar-refractivity contribution in [1.29, 1.82) is 0 Å². The van der Waals surface area contributed by atoms with Gasteiger partial charge >= 0.3 is 0 Å². The molecule has 0 aromatic rings. The highest BCUT2D eigenvalue weighted by Crippen LogP contribution is 1.78. The standard InChI is InChI=1S/C5H12N4.C2H6/c1-5(4-6-2)8-9-7-3;1-2/h6H,1,4H2,2-3H3,(H,7,8);1-2H3. The van der Waals surface area contributed by atoms with Gasteiger partial charge in [0.25, 0.3) is 0 Å². The summed E-state index contributed by atoms with van der Waals surface area (Å²) in [6, 6.07) is 0. The summed E-state index contributed by atoms with van der Waals surface area (Å²) in [5, 5.41) is 9.92. The van der Waals surface area contributed by atoms with E-state index in [1.165, 1.54) is 0 Å². The monoisotopic (exact) mass is 158 g/mol. The van der Waals surface area contributed by atoms with Crippen LogP contribution < -0.4 is 10.7 Å². The first-order chi connectivity index (χ1) is 5.31. The molecule has 0 amide bonds. The van der Waals surface area contributed by atoms with Crippen molar-refractivity contribution in [2.24, 2.45) is 10.3 Å². The fraction of sp³-hybridized carbons (Fsp3) is 0.714. The maximum Gasteiger partial charge on any atom is 0.0509 e. The molecule has 66 valence electrons. The van der Waals surface area contributed by atoms with Crippen molar-refractivity contribution in [2.45, 2.75) is 13.8 Å². The maximum atomic E-state index is 3.65. The minimum atomic E-state index is 0.707. The number of rotatable bonds is 4. The van der Waals surface area contributed by atoms with Gasteiger partial charge in [-0.2, -0.15) is 5.11 Å². The van der Waals surface area contributed by atoms with Crippen LogP contribution in [0.2, 0.25) is 0 Å². The van der Waals surface area contributed by atoms with Gasteiger partial charge in [0.2, 0.25) is 0 Å². The summed E-state index contributed by atoms with van der Waals surface area (Å²) in [7, 11) is 3.44. The number of nitrogens with one attached hydrogen (secondary N) is 2. The summed E-state index contributed by atoms with van der Waals surface area (Å²) < 4.78 is 0. The number of likely N-dealkylation sites (N-methyl/N-ethyl adjacent to an activating group) is 1. The van der Waals surface area contributed by atoms with Crippen molar-refractivity contribution in [1.82, 2.24) is 10.7 Å². The van der Waals surface area contributed by atoms with Gasteiger partial charge in [-0.25, -0.2) is 0 Å². The SMILES string of the molecule is C=C(CNC)NN=NC.CC. The van der Waals surface area contributed by atoms with E-state index in [1.807, 2.05) is 20.9 Å². The quantitative estimate of drug-likeness (QED) is 0.479. The van der Waals surface area contributed by atoms with Crippen LogP contribution in [0.15, 0.2) is 22.6 Å². The molecule has 0 bridgehead atoms. The lowest BCUT2D eigenvalue weighted by Gasteiger charge is -1.99. The van der Waals surface area contributed by atoms with E-state index in [-0.39, 0.29) is 0 Å². The number of hydrogen-bond donors (Lipinski definition) is 2. The summed E-state index contributed by atoms with van der Waals surface area (Å²) in [5.41, 5.74) is 3.44. The highest BCUT2D eigenvalue weighted by atomic mass is 15.4. The summed E-state index contributed by atoms with van der Waals surface area (Å²) in [4.78, 5) is 0. The van der Waals surface area contributed by atoms with Crippen LogP contribution in [-0.2, 0) is 0 Å². The topological polar surface area (TPSA) is 48.8 Å². The maximum absolute atomic E-state index is 3.65. The summed E-state index contributed by atoms with van der Waals surface area (Å²) in [6.45, 7) is 8.36. The first-order valence-electron chi connectivity index (χ1n) is 3.68. The fourth-order valence-electron chi connectivity index (χ4n) is 0.374. The summed E-state index contributed by atoms with van der Waals surface area (Å²) in [5.74, 6) is 0. The predicted octanol–water partition coefficient (Wildman–Crippen LogP) is 1.33.